The van der Waals surface area contributed by atoms with Gasteiger partial charge >= 0.3 is 0 Å². The first kappa shape index (κ1) is 12.0. The number of hydrogen-bond donors (Lipinski definition) is 2. The number of nitrogens with one attached hydrogen (secondary N) is 2. The number of ether oxygens (including phenoxy) is 1. The number of hydrogen-bond acceptors (Lipinski definition) is 5. The molecule has 2 unspecified atom stereocenters. The number of rotatable bonds is 4. The molecule has 1 aliphatic rings. The van der Waals surface area contributed by atoms with Crippen LogP contribution in [-0.4, -0.2) is 58.8 Å². The molecule has 17 heavy (non-hydrogen) atoms. The fourth-order valence-electron chi connectivity index (χ4n) is 1.95. The van der Waals surface area contributed by atoms with E-state index in [9.17, 15) is 4.79 Å². The zero-order valence-corrected chi connectivity index (χ0v) is 10.0. The normalized spacial score (nSPS) is 23.9. The van der Waals surface area contributed by atoms with Crippen LogP contribution in [0.15, 0.2) is 6.33 Å². The Morgan fingerprint density at radius 2 is 2.53 bits per heavy atom. The Labute approximate surface area is 99.5 Å². The van der Waals surface area contributed by atoms with Crippen molar-refractivity contribution in [3.05, 3.63) is 12.2 Å². The molecule has 2 atom stereocenters. The van der Waals surface area contributed by atoms with Gasteiger partial charge in [0, 0.05) is 20.7 Å². The van der Waals surface area contributed by atoms with Crippen molar-refractivity contribution >= 4 is 5.91 Å². The molecule has 1 aliphatic heterocycles. The molecule has 2 heterocycles. The number of amides is 1. The molecule has 0 spiro atoms. The van der Waals surface area contributed by atoms with E-state index in [1.807, 2.05) is 0 Å². The number of likely N-dealkylation sites (N-methyl/N-ethyl adjacent to an activating group) is 1. The Hall–Kier alpha value is -1.47. The maximum absolute atomic E-state index is 12.1. The predicted octanol–water partition coefficient (Wildman–Crippen LogP) is -0.860. The van der Waals surface area contributed by atoms with E-state index in [2.05, 4.69) is 20.5 Å². The largest absolute Gasteiger partial charge is 0.380 e. The highest BCUT2D eigenvalue weighted by Crippen LogP contribution is 2.12. The molecule has 7 heteroatoms. The SMILES string of the molecule is COC1CNC(C(=O)N(C)Cc2ncn[nH]2)C1. The number of aromatic nitrogens is 3. The van der Waals surface area contributed by atoms with Crippen LogP contribution >= 0.6 is 0 Å². The number of carbonyl (C=O) groups is 1. The van der Waals surface area contributed by atoms with Gasteiger partial charge in [-0.15, -0.1) is 0 Å². The second-order valence-electron chi connectivity index (χ2n) is 4.18. The summed E-state index contributed by atoms with van der Waals surface area (Å²) < 4.78 is 5.22. The fourth-order valence-corrected chi connectivity index (χ4v) is 1.95. The summed E-state index contributed by atoms with van der Waals surface area (Å²) in [6, 6.07) is -0.159. The van der Waals surface area contributed by atoms with Crippen molar-refractivity contribution in [2.45, 2.75) is 25.1 Å². The number of carbonyl (C=O) groups excluding carboxylic acids is 1. The Morgan fingerprint density at radius 1 is 1.71 bits per heavy atom. The molecule has 94 valence electrons. The minimum atomic E-state index is -0.159. The fraction of sp³-hybridized carbons (Fsp3) is 0.700. The molecule has 0 radical (unpaired) electrons. The number of methoxy groups -OCH3 is 1. The summed E-state index contributed by atoms with van der Waals surface area (Å²) in [5, 5.41) is 9.64. The van der Waals surface area contributed by atoms with Gasteiger partial charge in [0.1, 0.15) is 12.2 Å². The summed E-state index contributed by atoms with van der Waals surface area (Å²) in [5.41, 5.74) is 0. The Morgan fingerprint density at radius 3 is 3.12 bits per heavy atom. The summed E-state index contributed by atoms with van der Waals surface area (Å²) in [6.45, 7) is 1.16. The molecule has 0 aromatic carbocycles. The van der Waals surface area contributed by atoms with Crippen molar-refractivity contribution in [3.8, 4) is 0 Å². The minimum Gasteiger partial charge on any atom is -0.380 e. The van der Waals surface area contributed by atoms with Gasteiger partial charge in [-0.2, -0.15) is 5.10 Å². The third-order valence-corrected chi connectivity index (χ3v) is 2.95. The lowest BCUT2D eigenvalue weighted by molar-refractivity contribution is -0.132. The van der Waals surface area contributed by atoms with Gasteiger partial charge in [-0.25, -0.2) is 4.98 Å². The molecule has 1 aromatic heterocycles. The highest BCUT2D eigenvalue weighted by atomic mass is 16.5. The van der Waals surface area contributed by atoms with E-state index in [1.165, 1.54) is 6.33 Å². The molecular weight excluding hydrogens is 222 g/mol. The second kappa shape index (κ2) is 5.24. The van der Waals surface area contributed by atoms with Crippen molar-refractivity contribution in [2.24, 2.45) is 0 Å². The minimum absolute atomic E-state index is 0.0564. The van der Waals surface area contributed by atoms with Crippen molar-refractivity contribution < 1.29 is 9.53 Å². The first-order valence-electron chi connectivity index (χ1n) is 5.56. The number of H-pyrrole nitrogens is 1. The van der Waals surface area contributed by atoms with Crippen molar-refractivity contribution in [3.63, 3.8) is 0 Å². The molecule has 0 saturated carbocycles. The molecule has 0 aliphatic carbocycles. The standard InChI is InChI=1S/C10H17N5O2/c1-15(5-9-12-6-13-14-9)10(16)8-3-7(17-2)4-11-8/h6-8,11H,3-5H2,1-2H3,(H,12,13,14). The molecule has 2 N–H and O–H groups in total. The Balaban J connectivity index is 1.87. The molecular formula is C10H17N5O2. The van der Waals surface area contributed by atoms with Crippen LogP contribution in [0.25, 0.3) is 0 Å². The van der Waals surface area contributed by atoms with E-state index in [1.54, 1.807) is 19.1 Å². The highest BCUT2D eigenvalue weighted by Gasteiger charge is 2.31. The molecule has 1 fully saturated rings. The van der Waals surface area contributed by atoms with E-state index < -0.39 is 0 Å². The van der Waals surface area contributed by atoms with Crippen LogP contribution in [0.5, 0.6) is 0 Å². The lowest BCUT2D eigenvalue weighted by atomic mass is 10.2. The van der Waals surface area contributed by atoms with Gasteiger partial charge in [0.05, 0.1) is 18.7 Å². The monoisotopic (exact) mass is 239 g/mol. The van der Waals surface area contributed by atoms with E-state index >= 15 is 0 Å². The summed E-state index contributed by atoms with van der Waals surface area (Å²) in [5.74, 6) is 0.739. The van der Waals surface area contributed by atoms with Gasteiger partial charge in [-0.3, -0.25) is 9.89 Å². The van der Waals surface area contributed by atoms with Crippen LogP contribution in [0.1, 0.15) is 12.2 Å². The first-order chi connectivity index (χ1) is 8.20. The van der Waals surface area contributed by atoms with Gasteiger partial charge < -0.3 is 15.0 Å². The Kier molecular flexibility index (Phi) is 3.70. The van der Waals surface area contributed by atoms with Crippen molar-refractivity contribution in [1.29, 1.82) is 0 Å². The lowest BCUT2D eigenvalue weighted by Crippen LogP contribution is -2.41. The molecule has 1 amide bonds. The molecule has 1 aromatic rings. The molecule has 7 nitrogen and oxygen atoms in total. The zero-order valence-electron chi connectivity index (χ0n) is 10.0. The van der Waals surface area contributed by atoms with Gasteiger partial charge in [-0.1, -0.05) is 0 Å². The first-order valence-corrected chi connectivity index (χ1v) is 5.56. The lowest BCUT2D eigenvalue weighted by Gasteiger charge is -2.19. The molecule has 2 rings (SSSR count). The van der Waals surface area contributed by atoms with E-state index in [4.69, 9.17) is 4.74 Å². The van der Waals surface area contributed by atoms with Gasteiger partial charge in [-0.05, 0) is 6.42 Å². The average molecular weight is 239 g/mol. The van der Waals surface area contributed by atoms with Gasteiger partial charge in [0.15, 0.2) is 0 Å². The summed E-state index contributed by atoms with van der Waals surface area (Å²) in [7, 11) is 3.42. The van der Waals surface area contributed by atoms with Gasteiger partial charge in [0.25, 0.3) is 0 Å². The van der Waals surface area contributed by atoms with Gasteiger partial charge in [0.2, 0.25) is 5.91 Å². The van der Waals surface area contributed by atoms with E-state index in [0.29, 0.717) is 12.4 Å². The van der Waals surface area contributed by atoms with Crippen LogP contribution < -0.4 is 5.32 Å². The summed E-state index contributed by atoms with van der Waals surface area (Å²) >= 11 is 0. The quantitative estimate of drug-likeness (QED) is 0.714. The van der Waals surface area contributed by atoms with Crippen LogP contribution in [0.2, 0.25) is 0 Å². The number of aromatic amines is 1. The molecule has 1 saturated heterocycles. The maximum atomic E-state index is 12.1. The third kappa shape index (κ3) is 2.80. The van der Waals surface area contributed by atoms with Crippen molar-refractivity contribution in [1.82, 2.24) is 25.4 Å². The van der Waals surface area contributed by atoms with E-state index in [0.717, 1.165) is 13.0 Å². The number of nitrogens with zero attached hydrogens (tertiary/aromatic N) is 3. The summed E-state index contributed by atoms with van der Waals surface area (Å²) in [6.07, 6.45) is 2.28. The zero-order chi connectivity index (χ0) is 12.3. The maximum Gasteiger partial charge on any atom is 0.239 e. The van der Waals surface area contributed by atoms with Crippen LogP contribution in [0, 0.1) is 0 Å². The second-order valence-corrected chi connectivity index (χ2v) is 4.18. The Bertz CT molecular complexity index is 367. The topological polar surface area (TPSA) is 83.1 Å². The predicted molar refractivity (Wildman–Crippen MR) is 60.1 cm³/mol. The molecule has 0 bridgehead atoms. The third-order valence-electron chi connectivity index (χ3n) is 2.95. The van der Waals surface area contributed by atoms with Crippen LogP contribution in [-0.2, 0) is 16.1 Å². The van der Waals surface area contributed by atoms with Crippen molar-refractivity contribution in [2.75, 3.05) is 20.7 Å². The van der Waals surface area contributed by atoms with E-state index in [-0.39, 0.29) is 18.1 Å². The van der Waals surface area contributed by atoms with Crippen LogP contribution in [0.3, 0.4) is 0 Å². The highest BCUT2D eigenvalue weighted by molar-refractivity contribution is 5.82. The average Bonchev–Trinajstić information content (AvgIpc) is 2.98. The smallest absolute Gasteiger partial charge is 0.239 e. The van der Waals surface area contributed by atoms with Crippen LogP contribution in [0.4, 0.5) is 0 Å². The summed E-state index contributed by atoms with van der Waals surface area (Å²) in [4.78, 5) is 17.7.